The number of nitrogens with one attached hydrogen (secondary N) is 1. The number of amides is 1. The Labute approximate surface area is 183 Å². The van der Waals surface area contributed by atoms with E-state index in [4.69, 9.17) is 4.74 Å². The number of rotatable bonds is 7. The Morgan fingerprint density at radius 3 is 2.50 bits per heavy atom. The van der Waals surface area contributed by atoms with E-state index in [-0.39, 0.29) is 11.3 Å². The van der Waals surface area contributed by atoms with Crippen LogP contribution in [0.5, 0.6) is 5.75 Å². The normalized spacial score (nSPS) is 11.5. The Morgan fingerprint density at radius 2 is 1.90 bits per heavy atom. The summed E-state index contributed by atoms with van der Waals surface area (Å²) in [6, 6.07) is 10.3. The van der Waals surface area contributed by atoms with Crippen molar-refractivity contribution in [3.05, 3.63) is 52.7 Å². The van der Waals surface area contributed by atoms with Crippen LogP contribution in [0, 0.1) is 13.8 Å². The van der Waals surface area contributed by atoms with E-state index in [1.54, 1.807) is 0 Å². The maximum atomic E-state index is 12.2. The van der Waals surface area contributed by atoms with Crippen molar-refractivity contribution < 1.29 is 9.53 Å². The topological polar surface area (TPSA) is 56.1 Å². The standard InChI is InChI=1S/C24H31N3O2S/c1-16-14-20(17(2)27(16)6)21-15-30-23(25-21)26-22(28)8-7-13-29-19-11-9-18(10-12-19)24(3,4)5/h9-12,14-15H,7-8,13H2,1-6H3,(H,25,26,28). The fourth-order valence-corrected chi connectivity index (χ4v) is 3.95. The number of anilines is 1. The summed E-state index contributed by atoms with van der Waals surface area (Å²) >= 11 is 1.45. The Kier molecular flexibility index (Phi) is 6.66. The zero-order valence-electron chi connectivity index (χ0n) is 18.7. The van der Waals surface area contributed by atoms with Crippen LogP contribution in [0.4, 0.5) is 5.13 Å². The van der Waals surface area contributed by atoms with Gasteiger partial charge in [0, 0.05) is 35.8 Å². The van der Waals surface area contributed by atoms with Gasteiger partial charge in [0.2, 0.25) is 5.91 Å². The number of nitrogens with zero attached hydrogens (tertiary/aromatic N) is 2. The summed E-state index contributed by atoms with van der Waals surface area (Å²) in [6.07, 6.45) is 1.06. The van der Waals surface area contributed by atoms with Gasteiger partial charge in [-0.2, -0.15) is 0 Å². The van der Waals surface area contributed by atoms with Crippen LogP contribution in [0.15, 0.2) is 35.7 Å². The summed E-state index contributed by atoms with van der Waals surface area (Å²) in [4.78, 5) is 16.8. The zero-order valence-corrected chi connectivity index (χ0v) is 19.5. The summed E-state index contributed by atoms with van der Waals surface area (Å²) in [5.74, 6) is 0.796. The SMILES string of the molecule is Cc1cc(-c2csc(NC(=O)CCCOc3ccc(C(C)(C)C)cc3)n2)c(C)n1C. The molecule has 3 aromatic rings. The Bertz CT molecular complexity index is 1010. The number of hydrogen-bond donors (Lipinski definition) is 1. The number of ether oxygens (including phenoxy) is 1. The van der Waals surface area contributed by atoms with Gasteiger partial charge in [-0.3, -0.25) is 4.79 Å². The third-order valence-electron chi connectivity index (χ3n) is 5.34. The van der Waals surface area contributed by atoms with Crippen LogP contribution in [-0.4, -0.2) is 22.1 Å². The van der Waals surface area contributed by atoms with Crippen molar-refractivity contribution in [2.75, 3.05) is 11.9 Å². The van der Waals surface area contributed by atoms with Crippen LogP contribution in [0.2, 0.25) is 0 Å². The van der Waals surface area contributed by atoms with E-state index in [0.29, 0.717) is 24.6 Å². The largest absolute Gasteiger partial charge is 0.494 e. The van der Waals surface area contributed by atoms with Crippen LogP contribution < -0.4 is 10.1 Å². The average Bonchev–Trinajstić information content (AvgIpc) is 3.25. The highest BCUT2D eigenvalue weighted by Crippen LogP contribution is 2.29. The van der Waals surface area contributed by atoms with Gasteiger partial charge in [-0.25, -0.2) is 4.98 Å². The van der Waals surface area contributed by atoms with Gasteiger partial charge in [0.05, 0.1) is 12.3 Å². The zero-order chi connectivity index (χ0) is 21.9. The molecule has 3 rings (SSSR count). The fourth-order valence-electron chi connectivity index (χ4n) is 3.23. The lowest BCUT2D eigenvalue weighted by Crippen LogP contribution is -2.13. The number of carbonyl (C=O) groups is 1. The van der Waals surface area contributed by atoms with Gasteiger partial charge in [-0.05, 0) is 49.4 Å². The molecule has 1 amide bonds. The van der Waals surface area contributed by atoms with Gasteiger partial charge >= 0.3 is 0 Å². The van der Waals surface area contributed by atoms with E-state index in [9.17, 15) is 4.79 Å². The molecule has 0 spiro atoms. The fraction of sp³-hybridized carbons (Fsp3) is 0.417. The lowest BCUT2D eigenvalue weighted by Gasteiger charge is -2.19. The monoisotopic (exact) mass is 425 g/mol. The van der Waals surface area contributed by atoms with Crippen LogP contribution in [0.3, 0.4) is 0 Å². The molecule has 0 saturated heterocycles. The Hall–Kier alpha value is -2.60. The van der Waals surface area contributed by atoms with Gasteiger partial charge in [0.1, 0.15) is 5.75 Å². The number of aryl methyl sites for hydroxylation is 1. The Morgan fingerprint density at radius 1 is 1.20 bits per heavy atom. The van der Waals surface area contributed by atoms with Gasteiger partial charge in [0.25, 0.3) is 0 Å². The van der Waals surface area contributed by atoms with Crippen molar-refractivity contribution in [2.45, 2.75) is 52.9 Å². The highest BCUT2D eigenvalue weighted by atomic mass is 32.1. The van der Waals surface area contributed by atoms with Gasteiger partial charge in [-0.15, -0.1) is 11.3 Å². The minimum absolute atomic E-state index is 0.0384. The summed E-state index contributed by atoms with van der Waals surface area (Å²) < 4.78 is 7.91. The number of carbonyl (C=O) groups excluding carboxylic acids is 1. The predicted molar refractivity (Wildman–Crippen MR) is 124 cm³/mol. The van der Waals surface area contributed by atoms with Gasteiger partial charge in [0.15, 0.2) is 5.13 Å². The van der Waals surface area contributed by atoms with Crippen LogP contribution in [0.25, 0.3) is 11.3 Å². The average molecular weight is 426 g/mol. The van der Waals surface area contributed by atoms with Crippen molar-refractivity contribution >= 4 is 22.4 Å². The van der Waals surface area contributed by atoms with E-state index in [2.05, 4.69) is 67.7 Å². The molecule has 0 saturated carbocycles. The first-order valence-electron chi connectivity index (χ1n) is 10.3. The van der Waals surface area contributed by atoms with Crippen molar-refractivity contribution in [3.63, 3.8) is 0 Å². The molecular weight excluding hydrogens is 394 g/mol. The van der Waals surface area contributed by atoms with Crippen molar-refractivity contribution in [1.82, 2.24) is 9.55 Å². The predicted octanol–water partition coefficient (Wildman–Crippen LogP) is 5.86. The minimum Gasteiger partial charge on any atom is -0.494 e. The molecule has 0 fully saturated rings. The summed E-state index contributed by atoms with van der Waals surface area (Å²) in [5, 5.41) is 5.52. The molecule has 0 bridgehead atoms. The van der Waals surface area contributed by atoms with Crippen LogP contribution in [0.1, 0.15) is 50.6 Å². The third kappa shape index (κ3) is 5.30. The molecule has 2 heterocycles. The molecule has 0 aliphatic rings. The summed E-state index contributed by atoms with van der Waals surface area (Å²) in [6.45, 7) is 11.2. The quantitative estimate of drug-likeness (QED) is 0.482. The molecule has 5 nitrogen and oxygen atoms in total. The third-order valence-corrected chi connectivity index (χ3v) is 6.10. The van der Waals surface area contributed by atoms with Crippen molar-refractivity contribution in [1.29, 1.82) is 0 Å². The highest BCUT2D eigenvalue weighted by Gasteiger charge is 2.14. The molecule has 1 aromatic carbocycles. The number of thiazole rings is 1. The second-order valence-corrected chi connectivity index (χ2v) is 9.51. The van der Waals surface area contributed by atoms with Crippen LogP contribution >= 0.6 is 11.3 Å². The van der Waals surface area contributed by atoms with Gasteiger partial charge < -0.3 is 14.6 Å². The molecule has 30 heavy (non-hydrogen) atoms. The molecule has 6 heteroatoms. The van der Waals surface area contributed by atoms with Gasteiger partial charge in [-0.1, -0.05) is 32.9 Å². The van der Waals surface area contributed by atoms with Crippen LogP contribution in [-0.2, 0) is 17.3 Å². The first kappa shape index (κ1) is 22.1. The smallest absolute Gasteiger partial charge is 0.226 e. The highest BCUT2D eigenvalue weighted by molar-refractivity contribution is 7.14. The molecule has 0 aliphatic heterocycles. The molecule has 0 unspecified atom stereocenters. The molecule has 0 aliphatic carbocycles. The van der Waals surface area contributed by atoms with E-state index in [1.165, 1.54) is 28.3 Å². The van der Waals surface area contributed by atoms with Crippen molar-refractivity contribution in [3.8, 4) is 17.0 Å². The summed E-state index contributed by atoms with van der Waals surface area (Å²) in [5.41, 5.74) is 5.77. The first-order chi connectivity index (χ1) is 14.1. The lowest BCUT2D eigenvalue weighted by molar-refractivity contribution is -0.116. The second kappa shape index (κ2) is 9.04. The van der Waals surface area contributed by atoms with Crippen molar-refractivity contribution in [2.24, 2.45) is 7.05 Å². The molecule has 2 aromatic heterocycles. The van der Waals surface area contributed by atoms with E-state index in [0.717, 1.165) is 17.0 Å². The number of benzene rings is 1. The lowest BCUT2D eigenvalue weighted by atomic mass is 9.87. The molecular formula is C24H31N3O2S. The Balaban J connectivity index is 1.45. The second-order valence-electron chi connectivity index (χ2n) is 8.66. The van der Waals surface area contributed by atoms with E-state index < -0.39 is 0 Å². The maximum Gasteiger partial charge on any atom is 0.226 e. The molecule has 160 valence electrons. The molecule has 0 atom stereocenters. The van der Waals surface area contributed by atoms with E-state index in [1.807, 2.05) is 24.6 Å². The number of hydrogen-bond acceptors (Lipinski definition) is 4. The van der Waals surface area contributed by atoms with E-state index >= 15 is 0 Å². The summed E-state index contributed by atoms with van der Waals surface area (Å²) in [7, 11) is 2.05. The number of aromatic nitrogens is 2. The molecule has 0 radical (unpaired) electrons. The first-order valence-corrected chi connectivity index (χ1v) is 11.1. The maximum absolute atomic E-state index is 12.2. The molecule has 1 N–H and O–H groups in total. The minimum atomic E-state index is -0.0384.